The van der Waals surface area contributed by atoms with Crippen molar-refractivity contribution in [3.8, 4) is 0 Å². The lowest BCUT2D eigenvalue weighted by atomic mass is 9.91. The summed E-state index contributed by atoms with van der Waals surface area (Å²) in [5.41, 5.74) is 2.14. The van der Waals surface area contributed by atoms with Crippen LogP contribution in [0.3, 0.4) is 0 Å². The zero-order valence-electron chi connectivity index (χ0n) is 10.1. The molecule has 0 aliphatic heterocycles. The van der Waals surface area contributed by atoms with Gasteiger partial charge in [-0.2, -0.15) is 5.14 Å². The highest BCUT2D eigenvalue weighted by Crippen LogP contribution is 2.35. The van der Waals surface area contributed by atoms with Crippen LogP contribution in [-0.2, 0) is 11.4 Å². The molecule has 0 amide bonds. The Morgan fingerprint density at radius 3 is 2.38 bits per heavy atom. The van der Waals surface area contributed by atoms with Gasteiger partial charge >= 0.3 is 0 Å². The van der Waals surface area contributed by atoms with E-state index in [1.165, 1.54) is 0 Å². The molecule has 1 rings (SSSR count). The first-order chi connectivity index (χ1) is 7.56. The number of hydrogen-bond acceptors (Lipinski definition) is 2. The highest BCUT2D eigenvalue weighted by Gasteiger charge is 2.38. The van der Waals surface area contributed by atoms with Crippen LogP contribution in [0.1, 0.15) is 32.8 Å². The highest BCUT2D eigenvalue weighted by atomic mass is 32.2. The first-order valence-corrected chi connectivity index (χ1v) is 6.66. The molecular weight excluding hydrogens is 218 g/mol. The van der Waals surface area contributed by atoms with E-state index in [0.717, 1.165) is 17.6 Å². The molecule has 2 nitrogen and oxygen atoms in total. The van der Waals surface area contributed by atoms with Crippen LogP contribution >= 0.6 is 0 Å². The first kappa shape index (κ1) is 13.3. The van der Waals surface area contributed by atoms with Crippen LogP contribution < -0.4 is 5.14 Å². The molecule has 1 aromatic rings. The lowest BCUT2D eigenvalue weighted by Crippen LogP contribution is -2.41. The molecular formula is C13H19NOS. The molecule has 88 valence electrons. The minimum atomic E-state index is -1.37. The summed E-state index contributed by atoms with van der Waals surface area (Å²) in [7, 11) is 0. The van der Waals surface area contributed by atoms with Crippen molar-refractivity contribution in [2.24, 2.45) is 5.14 Å². The molecule has 2 unspecified atom stereocenters. The molecule has 0 aliphatic rings. The van der Waals surface area contributed by atoms with Gasteiger partial charge in [0.2, 0.25) is 0 Å². The maximum absolute atomic E-state index is 11.7. The van der Waals surface area contributed by atoms with Gasteiger partial charge in [0, 0.05) is 23.4 Å². The maximum Gasteiger partial charge on any atom is 0.167 e. The van der Waals surface area contributed by atoms with Gasteiger partial charge in [0.15, 0.2) is 4.75 Å². The normalized spacial score (nSPS) is 17.9. The van der Waals surface area contributed by atoms with Crippen molar-refractivity contribution in [3.05, 3.63) is 42.0 Å². The lowest BCUT2D eigenvalue weighted by molar-refractivity contribution is 0.562. The second kappa shape index (κ2) is 5.53. The number of nitrogens with two attached hydrogens (primary N) is 1. The SMILES string of the molecule is CC=C(c1ccccc1)C(C)(CC)[S+](N)[O-]. The van der Waals surface area contributed by atoms with Crippen LogP contribution in [0.2, 0.25) is 0 Å². The zero-order chi connectivity index (χ0) is 12.2. The van der Waals surface area contributed by atoms with Gasteiger partial charge in [-0.3, -0.25) is 0 Å². The third kappa shape index (κ3) is 2.48. The summed E-state index contributed by atoms with van der Waals surface area (Å²) in [5, 5.41) is 5.63. The number of benzene rings is 1. The summed E-state index contributed by atoms with van der Waals surface area (Å²) in [6, 6.07) is 9.98. The molecule has 0 fully saturated rings. The van der Waals surface area contributed by atoms with Crippen LogP contribution in [0.25, 0.3) is 5.57 Å². The van der Waals surface area contributed by atoms with E-state index in [1.807, 2.05) is 57.2 Å². The molecule has 0 spiro atoms. The smallest absolute Gasteiger partial charge is 0.167 e. The summed E-state index contributed by atoms with van der Waals surface area (Å²) >= 11 is -1.37. The van der Waals surface area contributed by atoms with Gasteiger partial charge in [-0.05, 0) is 19.4 Å². The Balaban J connectivity index is 3.18. The summed E-state index contributed by atoms with van der Waals surface area (Å²) in [5.74, 6) is 0. The Labute approximate surface area is 101 Å². The van der Waals surface area contributed by atoms with Crippen molar-refractivity contribution in [3.63, 3.8) is 0 Å². The van der Waals surface area contributed by atoms with Crippen molar-refractivity contribution in [2.45, 2.75) is 31.9 Å². The fourth-order valence-electron chi connectivity index (χ4n) is 1.84. The molecule has 16 heavy (non-hydrogen) atoms. The maximum atomic E-state index is 11.7. The van der Waals surface area contributed by atoms with Crippen molar-refractivity contribution in [2.75, 3.05) is 0 Å². The van der Waals surface area contributed by atoms with E-state index < -0.39 is 16.1 Å². The van der Waals surface area contributed by atoms with Crippen molar-refractivity contribution in [1.29, 1.82) is 0 Å². The second-order valence-corrected chi connectivity index (χ2v) is 5.45. The molecule has 0 aliphatic carbocycles. The Kier molecular flexibility index (Phi) is 4.59. The van der Waals surface area contributed by atoms with Gasteiger partial charge < -0.3 is 4.55 Å². The Morgan fingerprint density at radius 2 is 2.00 bits per heavy atom. The van der Waals surface area contributed by atoms with Crippen LogP contribution in [0.4, 0.5) is 0 Å². The number of allylic oxidation sites excluding steroid dienone is 1. The standard InChI is InChI=1S/C13H19NOS/c1-4-12(11-9-7-6-8-10-11)13(3,5-2)16(14)15/h4,6-10H,5,14H2,1-3H3. The molecule has 0 saturated carbocycles. The van der Waals surface area contributed by atoms with Gasteiger partial charge in [-0.15, -0.1) is 0 Å². The predicted octanol–water partition coefficient (Wildman–Crippen LogP) is 2.88. The minimum absolute atomic E-state index is 0.476. The topological polar surface area (TPSA) is 49.1 Å². The summed E-state index contributed by atoms with van der Waals surface area (Å²) in [6.07, 6.45) is 2.76. The van der Waals surface area contributed by atoms with Gasteiger partial charge in [0.05, 0.1) is 0 Å². The van der Waals surface area contributed by atoms with Crippen LogP contribution in [0.15, 0.2) is 36.4 Å². The lowest BCUT2D eigenvalue weighted by Gasteiger charge is -2.30. The van der Waals surface area contributed by atoms with E-state index in [2.05, 4.69) is 0 Å². The third-order valence-electron chi connectivity index (χ3n) is 3.06. The Morgan fingerprint density at radius 1 is 1.44 bits per heavy atom. The number of rotatable bonds is 4. The average Bonchev–Trinajstić information content (AvgIpc) is 2.30. The van der Waals surface area contributed by atoms with Gasteiger partial charge in [-0.1, -0.05) is 43.3 Å². The van der Waals surface area contributed by atoms with Crippen LogP contribution in [-0.4, -0.2) is 9.30 Å². The predicted molar refractivity (Wildman–Crippen MR) is 71.1 cm³/mol. The largest absolute Gasteiger partial charge is 0.598 e. The van der Waals surface area contributed by atoms with Crippen molar-refractivity contribution < 1.29 is 4.55 Å². The van der Waals surface area contributed by atoms with Crippen molar-refractivity contribution >= 4 is 16.9 Å². The summed E-state index contributed by atoms with van der Waals surface area (Å²) in [6.45, 7) is 5.92. The van der Waals surface area contributed by atoms with Gasteiger partial charge in [-0.25, -0.2) is 0 Å². The average molecular weight is 237 g/mol. The summed E-state index contributed by atoms with van der Waals surface area (Å²) in [4.78, 5) is 0. The monoisotopic (exact) mass is 237 g/mol. The minimum Gasteiger partial charge on any atom is -0.598 e. The third-order valence-corrected chi connectivity index (χ3v) is 4.46. The molecule has 0 aromatic heterocycles. The van der Waals surface area contributed by atoms with E-state index in [4.69, 9.17) is 5.14 Å². The molecule has 0 saturated heterocycles. The molecule has 0 heterocycles. The van der Waals surface area contributed by atoms with Crippen molar-refractivity contribution in [1.82, 2.24) is 0 Å². The second-order valence-electron chi connectivity index (χ2n) is 3.95. The highest BCUT2D eigenvalue weighted by molar-refractivity contribution is 7.91. The first-order valence-electron chi connectivity index (χ1n) is 5.44. The zero-order valence-corrected chi connectivity index (χ0v) is 10.9. The van der Waals surface area contributed by atoms with E-state index in [-0.39, 0.29) is 0 Å². The Hall–Kier alpha value is -0.770. The van der Waals surface area contributed by atoms with E-state index in [9.17, 15) is 4.55 Å². The quantitative estimate of drug-likeness (QED) is 0.819. The number of hydrogen-bond donors (Lipinski definition) is 1. The fourth-order valence-corrected chi connectivity index (χ4v) is 2.57. The molecule has 2 N–H and O–H groups in total. The molecule has 3 heteroatoms. The molecule has 2 atom stereocenters. The van der Waals surface area contributed by atoms with Gasteiger partial charge in [0.25, 0.3) is 0 Å². The molecule has 0 bridgehead atoms. The molecule has 1 aromatic carbocycles. The van der Waals surface area contributed by atoms with E-state index in [1.54, 1.807) is 0 Å². The molecule has 0 radical (unpaired) electrons. The van der Waals surface area contributed by atoms with Gasteiger partial charge in [0.1, 0.15) is 0 Å². The summed E-state index contributed by atoms with van der Waals surface area (Å²) < 4.78 is 11.2. The Bertz CT molecular complexity index is 361. The van der Waals surface area contributed by atoms with Crippen LogP contribution in [0.5, 0.6) is 0 Å². The van der Waals surface area contributed by atoms with E-state index >= 15 is 0 Å². The van der Waals surface area contributed by atoms with E-state index in [0.29, 0.717) is 0 Å². The fraction of sp³-hybridized carbons (Fsp3) is 0.385. The van der Waals surface area contributed by atoms with Crippen LogP contribution in [0, 0.1) is 0 Å².